The van der Waals surface area contributed by atoms with Crippen LogP contribution in [0.25, 0.3) is 0 Å². The summed E-state index contributed by atoms with van der Waals surface area (Å²) in [6, 6.07) is 9.71. The summed E-state index contributed by atoms with van der Waals surface area (Å²) in [6.07, 6.45) is 4.19. The van der Waals surface area contributed by atoms with E-state index in [1.54, 1.807) is 4.90 Å². The van der Waals surface area contributed by atoms with Crippen molar-refractivity contribution in [2.45, 2.75) is 31.7 Å². The number of nitrogens with zero attached hydrogens (tertiary/aromatic N) is 2. The van der Waals surface area contributed by atoms with Crippen LogP contribution < -0.4 is 15.5 Å². The second-order valence-electron chi connectivity index (χ2n) is 7.43. The van der Waals surface area contributed by atoms with Crippen LogP contribution in [0.15, 0.2) is 30.3 Å². The van der Waals surface area contributed by atoms with Crippen LogP contribution in [0.4, 0.5) is 5.69 Å². The fourth-order valence-electron chi connectivity index (χ4n) is 3.83. The van der Waals surface area contributed by atoms with Crippen molar-refractivity contribution in [2.24, 2.45) is 5.92 Å². The van der Waals surface area contributed by atoms with Gasteiger partial charge in [0, 0.05) is 25.8 Å². The van der Waals surface area contributed by atoms with Gasteiger partial charge < -0.3 is 15.5 Å². The number of likely N-dealkylation sites (N-methyl/N-ethyl adjacent to an activating group) is 1. The predicted octanol–water partition coefficient (Wildman–Crippen LogP) is 1.65. The number of nitrogens with one attached hydrogen (secondary N) is 2. The SMILES string of the molecule is CN(C(=O)CN1CCCC(CNC(=O)C2CCCN2)C1)c1ccccc1.Cl. The van der Waals surface area contributed by atoms with Crippen LogP contribution in [-0.4, -0.2) is 62.5 Å². The molecule has 27 heavy (non-hydrogen) atoms. The monoisotopic (exact) mass is 394 g/mol. The first kappa shape index (κ1) is 21.7. The Balaban J connectivity index is 0.00000261. The normalized spacial score (nSPS) is 22.7. The molecule has 2 aliphatic rings. The fraction of sp³-hybridized carbons (Fsp3) is 0.600. The van der Waals surface area contributed by atoms with E-state index in [-0.39, 0.29) is 30.3 Å². The van der Waals surface area contributed by atoms with Gasteiger partial charge in [0.2, 0.25) is 11.8 Å². The Morgan fingerprint density at radius 3 is 2.70 bits per heavy atom. The number of hydrogen-bond donors (Lipinski definition) is 2. The molecule has 2 fully saturated rings. The maximum atomic E-state index is 12.6. The lowest BCUT2D eigenvalue weighted by Gasteiger charge is -2.33. The molecule has 2 atom stereocenters. The molecule has 2 saturated heterocycles. The summed E-state index contributed by atoms with van der Waals surface area (Å²) in [7, 11) is 1.83. The molecule has 2 heterocycles. The second-order valence-corrected chi connectivity index (χ2v) is 7.43. The van der Waals surface area contributed by atoms with Crippen molar-refractivity contribution < 1.29 is 9.59 Å². The molecule has 3 rings (SSSR count). The molecule has 2 unspecified atom stereocenters. The molecule has 1 aromatic rings. The van der Waals surface area contributed by atoms with Crippen molar-refractivity contribution in [1.29, 1.82) is 0 Å². The minimum Gasteiger partial charge on any atom is -0.354 e. The molecule has 0 saturated carbocycles. The topological polar surface area (TPSA) is 64.7 Å². The number of anilines is 1. The lowest BCUT2D eigenvalue weighted by Crippen LogP contribution is -2.47. The Morgan fingerprint density at radius 1 is 1.22 bits per heavy atom. The van der Waals surface area contributed by atoms with Crippen molar-refractivity contribution in [3.8, 4) is 0 Å². The zero-order chi connectivity index (χ0) is 18.4. The number of amides is 2. The van der Waals surface area contributed by atoms with Crippen LogP contribution in [0, 0.1) is 5.92 Å². The predicted molar refractivity (Wildman–Crippen MR) is 110 cm³/mol. The number of rotatable bonds is 6. The minimum atomic E-state index is -0.0178. The van der Waals surface area contributed by atoms with Crippen molar-refractivity contribution in [3.05, 3.63) is 30.3 Å². The van der Waals surface area contributed by atoms with E-state index < -0.39 is 0 Å². The van der Waals surface area contributed by atoms with Crippen LogP contribution >= 0.6 is 12.4 Å². The van der Waals surface area contributed by atoms with Crippen LogP contribution in [0.1, 0.15) is 25.7 Å². The van der Waals surface area contributed by atoms with Crippen molar-refractivity contribution in [1.82, 2.24) is 15.5 Å². The molecule has 1 aromatic carbocycles. The van der Waals surface area contributed by atoms with Gasteiger partial charge in [-0.15, -0.1) is 12.4 Å². The van der Waals surface area contributed by atoms with Gasteiger partial charge in [-0.05, 0) is 56.8 Å². The van der Waals surface area contributed by atoms with Gasteiger partial charge in [-0.3, -0.25) is 14.5 Å². The minimum absolute atomic E-state index is 0. The van der Waals surface area contributed by atoms with E-state index in [4.69, 9.17) is 0 Å². The van der Waals surface area contributed by atoms with Gasteiger partial charge in [-0.2, -0.15) is 0 Å². The third kappa shape index (κ3) is 6.19. The lowest BCUT2D eigenvalue weighted by atomic mass is 9.97. The second kappa shape index (κ2) is 10.6. The molecular weight excluding hydrogens is 364 g/mol. The lowest BCUT2D eigenvalue weighted by molar-refractivity contribution is -0.123. The van der Waals surface area contributed by atoms with Crippen molar-refractivity contribution in [2.75, 3.05) is 44.7 Å². The molecule has 2 N–H and O–H groups in total. The van der Waals surface area contributed by atoms with E-state index in [9.17, 15) is 9.59 Å². The highest BCUT2D eigenvalue weighted by Crippen LogP contribution is 2.17. The summed E-state index contributed by atoms with van der Waals surface area (Å²) in [5.41, 5.74) is 0.919. The number of hydrogen-bond acceptors (Lipinski definition) is 4. The van der Waals surface area contributed by atoms with Gasteiger partial charge >= 0.3 is 0 Å². The fourth-order valence-corrected chi connectivity index (χ4v) is 3.83. The Labute approximate surface area is 168 Å². The third-order valence-corrected chi connectivity index (χ3v) is 5.42. The Hall–Kier alpha value is -1.63. The highest BCUT2D eigenvalue weighted by Gasteiger charge is 2.26. The molecule has 2 amide bonds. The van der Waals surface area contributed by atoms with Crippen molar-refractivity contribution >= 4 is 29.9 Å². The van der Waals surface area contributed by atoms with Gasteiger partial charge in [-0.25, -0.2) is 0 Å². The Morgan fingerprint density at radius 2 is 2.00 bits per heavy atom. The zero-order valence-electron chi connectivity index (χ0n) is 16.0. The summed E-state index contributed by atoms with van der Waals surface area (Å²) in [6.45, 7) is 3.89. The molecular formula is C20H31ClN4O2. The van der Waals surface area contributed by atoms with Gasteiger partial charge in [0.05, 0.1) is 12.6 Å². The Bertz CT molecular complexity index is 607. The van der Waals surface area contributed by atoms with Crippen LogP contribution in [-0.2, 0) is 9.59 Å². The highest BCUT2D eigenvalue weighted by molar-refractivity contribution is 5.94. The standard InChI is InChI=1S/C20H30N4O2.ClH/c1-23(17-8-3-2-4-9-17)19(25)15-24-12-6-7-16(14-24)13-22-20(26)18-10-5-11-21-18;/h2-4,8-9,16,18,21H,5-7,10-15H2,1H3,(H,22,26);1H. The molecule has 0 bridgehead atoms. The van der Waals surface area contributed by atoms with E-state index in [2.05, 4.69) is 15.5 Å². The van der Waals surface area contributed by atoms with E-state index in [1.807, 2.05) is 37.4 Å². The van der Waals surface area contributed by atoms with Crippen LogP contribution in [0.3, 0.4) is 0 Å². The summed E-state index contributed by atoms with van der Waals surface area (Å²) in [5, 5.41) is 6.33. The first-order chi connectivity index (χ1) is 12.6. The van der Waals surface area contributed by atoms with E-state index in [1.165, 1.54) is 0 Å². The molecule has 150 valence electrons. The van der Waals surface area contributed by atoms with Gasteiger partial charge in [0.15, 0.2) is 0 Å². The summed E-state index contributed by atoms with van der Waals surface area (Å²) in [5.74, 6) is 0.652. The number of para-hydroxylation sites is 1. The number of carbonyl (C=O) groups is 2. The summed E-state index contributed by atoms with van der Waals surface area (Å²) >= 11 is 0. The highest BCUT2D eigenvalue weighted by atomic mass is 35.5. The van der Waals surface area contributed by atoms with Gasteiger partial charge in [-0.1, -0.05) is 18.2 Å². The van der Waals surface area contributed by atoms with E-state index >= 15 is 0 Å². The van der Waals surface area contributed by atoms with Crippen LogP contribution in [0.5, 0.6) is 0 Å². The first-order valence-corrected chi connectivity index (χ1v) is 9.68. The first-order valence-electron chi connectivity index (χ1n) is 9.68. The number of piperidine rings is 1. The van der Waals surface area contributed by atoms with E-state index in [0.717, 1.165) is 51.0 Å². The molecule has 0 spiro atoms. The maximum absolute atomic E-state index is 12.6. The van der Waals surface area contributed by atoms with Gasteiger partial charge in [0.25, 0.3) is 0 Å². The largest absolute Gasteiger partial charge is 0.354 e. The van der Waals surface area contributed by atoms with E-state index in [0.29, 0.717) is 19.0 Å². The quantitative estimate of drug-likeness (QED) is 0.770. The molecule has 7 heteroatoms. The molecule has 6 nitrogen and oxygen atoms in total. The van der Waals surface area contributed by atoms with Crippen LogP contribution in [0.2, 0.25) is 0 Å². The average molecular weight is 395 g/mol. The number of benzene rings is 1. The number of likely N-dealkylation sites (tertiary alicyclic amines) is 1. The maximum Gasteiger partial charge on any atom is 0.240 e. The summed E-state index contributed by atoms with van der Waals surface area (Å²) < 4.78 is 0. The smallest absolute Gasteiger partial charge is 0.240 e. The molecule has 0 aromatic heterocycles. The average Bonchev–Trinajstić information content (AvgIpc) is 3.21. The summed E-state index contributed by atoms with van der Waals surface area (Å²) in [4.78, 5) is 28.6. The Kier molecular flexibility index (Phi) is 8.54. The number of halogens is 1. The molecule has 0 aliphatic carbocycles. The molecule has 2 aliphatic heterocycles. The number of carbonyl (C=O) groups excluding carboxylic acids is 2. The van der Waals surface area contributed by atoms with Crippen molar-refractivity contribution in [3.63, 3.8) is 0 Å². The van der Waals surface area contributed by atoms with Gasteiger partial charge in [0.1, 0.15) is 0 Å². The molecule has 0 radical (unpaired) electrons. The zero-order valence-corrected chi connectivity index (χ0v) is 16.8. The third-order valence-electron chi connectivity index (χ3n) is 5.42.